The Bertz CT molecular complexity index is 1000. The molecule has 0 aliphatic carbocycles. The fourth-order valence-corrected chi connectivity index (χ4v) is 2.10. The Morgan fingerprint density at radius 1 is 1.00 bits per heavy atom. The number of rotatable bonds is 0. The Morgan fingerprint density at radius 3 is 2.27 bits per heavy atom. The second kappa shape index (κ2) is 5.61. The molecule has 4 rings (SSSR count). The molecule has 0 bridgehead atoms. The van der Waals surface area contributed by atoms with Gasteiger partial charge in [-0.05, 0) is 13.8 Å². The van der Waals surface area contributed by atoms with Gasteiger partial charge in [0, 0.05) is 11.1 Å². The van der Waals surface area contributed by atoms with Crippen molar-refractivity contribution >= 4 is 33.8 Å². The van der Waals surface area contributed by atoms with Gasteiger partial charge in [-0.15, -0.1) is 0 Å². The van der Waals surface area contributed by atoms with Crippen LogP contribution in [-0.2, 0) is 0 Å². The number of nitrogens with zero attached hydrogens (tertiary/aromatic N) is 3. The number of H-pyrrole nitrogens is 1. The summed E-state index contributed by atoms with van der Waals surface area (Å²) < 4.78 is 10.1. The van der Waals surface area contributed by atoms with Crippen LogP contribution >= 0.6 is 11.6 Å². The Balaban J connectivity index is 0.000000131. The largest absolute Gasteiger partial charge is 0.459 e. The molecule has 0 aliphatic heterocycles. The van der Waals surface area contributed by atoms with Gasteiger partial charge in [0.25, 0.3) is 5.56 Å². The van der Waals surface area contributed by atoms with Crippen LogP contribution in [0.2, 0.25) is 5.15 Å². The smallest absolute Gasteiger partial charge is 0.294 e. The van der Waals surface area contributed by atoms with E-state index in [1.807, 2.05) is 13.8 Å². The van der Waals surface area contributed by atoms with Gasteiger partial charge in [0.15, 0.2) is 10.7 Å². The number of aryl methyl sites for hydroxylation is 2. The average Bonchev–Trinajstić information content (AvgIpc) is 3.07. The van der Waals surface area contributed by atoms with Crippen molar-refractivity contribution in [3.63, 3.8) is 0 Å². The van der Waals surface area contributed by atoms with E-state index in [1.54, 1.807) is 6.26 Å². The van der Waals surface area contributed by atoms with Gasteiger partial charge in [-0.1, -0.05) is 11.6 Å². The topological polar surface area (TPSA) is 97.8 Å². The van der Waals surface area contributed by atoms with Crippen molar-refractivity contribution in [2.75, 3.05) is 0 Å². The van der Waals surface area contributed by atoms with Gasteiger partial charge in [0.05, 0.1) is 18.9 Å². The van der Waals surface area contributed by atoms with Crippen LogP contribution in [-0.4, -0.2) is 19.9 Å². The van der Waals surface area contributed by atoms with E-state index in [2.05, 4.69) is 19.9 Å². The molecule has 0 aromatic carbocycles. The van der Waals surface area contributed by atoms with Crippen LogP contribution in [0.3, 0.4) is 0 Å². The lowest BCUT2D eigenvalue weighted by Gasteiger charge is -1.88. The predicted molar refractivity (Wildman–Crippen MR) is 80.9 cm³/mol. The first-order valence-corrected chi connectivity index (χ1v) is 6.71. The zero-order chi connectivity index (χ0) is 15.7. The van der Waals surface area contributed by atoms with E-state index in [0.29, 0.717) is 21.8 Å². The molecule has 7 nitrogen and oxygen atoms in total. The molecule has 4 aromatic heterocycles. The number of aromatic nitrogens is 4. The van der Waals surface area contributed by atoms with Crippen molar-refractivity contribution in [3.05, 3.63) is 51.8 Å². The van der Waals surface area contributed by atoms with Crippen LogP contribution < -0.4 is 5.56 Å². The van der Waals surface area contributed by atoms with Crippen molar-refractivity contribution < 1.29 is 8.83 Å². The fourth-order valence-electron chi connectivity index (χ4n) is 1.92. The summed E-state index contributed by atoms with van der Waals surface area (Å²) in [6, 6.07) is 0. The maximum Gasteiger partial charge on any atom is 0.294 e. The minimum atomic E-state index is -0.233. The average molecular weight is 319 g/mol. The number of nitrogens with one attached hydrogen (secondary N) is 1. The van der Waals surface area contributed by atoms with Crippen molar-refractivity contribution in [2.24, 2.45) is 0 Å². The summed E-state index contributed by atoms with van der Waals surface area (Å²) in [6.45, 7) is 3.76. The predicted octanol–water partition coefficient (Wildman–Crippen LogP) is 3.01. The van der Waals surface area contributed by atoms with Crippen LogP contribution in [0.5, 0.6) is 0 Å². The number of hydrogen-bond acceptors (Lipinski definition) is 6. The van der Waals surface area contributed by atoms with Crippen molar-refractivity contribution in [2.45, 2.75) is 13.8 Å². The highest BCUT2D eigenvalue weighted by molar-refractivity contribution is 6.33. The van der Waals surface area contributed by atoms with Gasteiger partial charge < -0.3 is 13.8 Å². The van der Waals surface area contributed by atoms with Gasteiger partial charge in [0.1, 0.15) is 17.4 Å². The molecule has 0 saturated heterocycles. The zero-order valence-corrected chi connectivity index (χ0v) is 12.5. The molecule has 0 atom stereocenters. The van der Waals surface area contributed by atoms with E-state index < -0.39 is 0 Å². The van der Waals surface area contributed by atoms with E-state index >= 15 is 0 Å². The molecule has 4 aromatic rings. The summed E-state index contributed by atoms with van der Waals surface area (Å²) in [5, 5.41) is 0.364. The third-order valence-electron chi connectivity index (χ3n) is 3.03. The normalized spacial score (nSPS) is 10.7. The van der Waals surface area contributed by atoms with Crippen LogP contribution in [0.25, 0.3) is 22.2 Å². The molecule has 4 heterocycles. The van der Waals surface area contributed by atoms with Crippen LogP contribution in [0.4, 0.5) is 0 Å². The number of furan rings is 2. The molecule has 0 unspecified atom stereocenters. The molecule has 1 N–H and O–H groups in total. The van der Waals surface area contributed by atoms with E-state index in [1.165, 1.54) is 18.9 Å². The Morgan fingerprint density at radius 2 is 1.64 bits per heavy atom. The third-order valence-corrected chi connectivity index (χ3v) is 3.29. The lowest BCUT2D eigenvalue weighted by atomic mass is 10.3. The number of hydrogen-bond donors (Lipinski definition) is 1. The highest BCUT2D eigenvalue weighted by Crippen LogP contribution is 2.22. The summed E-state index contributed by atoms with van der Waals surface area (Å²) in [7, 11) is 0. The van der Waals surface area contributed by atoms with Crippen molar-refractivity contribution in [1.82, 2.24) is 19.9 Å². The molecular weight excluding hydrogens is 308 g/mol. The van der Waals surface area contributed by atoms with E-state index in [9.17, 15) is 4.79 Å². The molecular formula is C14H11ClN4O3. The van der Waals surface area contributed by atoms with E-state index in [4.69, 9.17) is 20.4 Å². The third kappa shape index (κ3) is 2.46. The molecule has 112 valence electrons. The SMILES string of the molecule is Cc1coc2c(=O)[nH]cnc12.Cc1coc2c(Cl)ncnc12. The lowest BCUT2D eigenvalue weighted by molar-refractivity contribution is 0.607. The monoisotopic (exact) mass is 318 g/mol. The first-order chi connectivity index (χ1) is 10.6. The molecule has 0 saturated carbocycles. The minimum absolute atomic E-state index is 0.233. The number of aromatic amines is 1. The fraction of sp³-hybridized carbons (Fsp3) is 0.143. The Hall–Kier alpha value is -2.67. The second-order valence-corrected chi connectivity index (χ2v) is 4.95. The van der Waals surface area contributed by atoms with Gasteiger partial charge >= 0.3 is 0 Å². The Kier molecular flexibility index (Phi) is 3.64. The molecule has 0 radical (unpaired) electrons. The Labute approximate surface area is 129 Å². The zero-order valence-electron chi connectivity index (χ0n) is 11.8. The summed E-state index contributed by atoms with van der Waals surface area (Å²) in [5.41, 5.74) is 3.90. The quantitative estimate of drug-likeness (QED) is 0.500. The summed E-state index contributed by atoms with van der Waals surface area (Å²) in [6.07, 6.45) is 5.93. The molecule has 0 fully saturated rings. The lowest BCUT2D eigenvalue weighted by Crippen LogP contribution is -2.04. The van der Waals surface area contributed by atoms with Gasteiger partial charge in [-0.25, -0.2) is 15.0 Å². The second-order valence-electron chi connectivity index (χ2n) is 4.59. The highest BCUT2D eigenvalue weighted by atomic mass is 35.5. The van der Waals surface area contributed by atoms with Crippen LogP contribution in [0.15, 0.2) is 38.8 Å². The molecule has 0 aliphatic rings. The minimum Gasteiger partial charge on any atom is -0.459 e. The van der Waals surface area contributed by atoms with Gasteiger partial charge in [-0.2, -0.15) is 0 Å². The van der Waals surface area contributed by atoms with E-state index in [0.717, 1.165) is 16.6 Å². The molecule has 0 spiro atoms. The van der Waals surface area contributed by atoms with Crippen molar-refractivity contribution in [1.29, 1.82) is 0 Å². The summed E-state index contributed by atoms with van der Waals surface area (Å²) in [5.74, 6) is 0. The summed E-state index contributed by atoms with van der Waals surface area (Å²) in [4.78, 5) is 25.2. The van der Waals surface area contributed by atoms with Gasteiger partial charge in [-0.3, -0.25) is 4.79 Å². The molecule has 0 amide bonds. The first kappa shape index (κ1) is 14.3. The first-order valence-electron chi connectivity index (χ1n) is 6.33. The maximum atomic E-state index is 11.0. The molecule has 8 heteroatoms. The molecule has 22 heavy (non-hydrogen) atoms. The van der Waals surface area contributed by atoms with Crippen LogP contribution in [0.1, 0.15) is 11.1 Å². The summed E-state index contributed by atoms with van der Waals surface area (Å²) >= 11 is 5.73. The van der Waals surface area contributed by atoms with Crippen molar-refractivity contribution in [3.8, 4) is 0 Å². The number of halogens is 1. The van der Waals surface area contributed by atoms with Gasteiger partial charge in [0.2, 0.25) is 5.58 Å². The standard InChI is InChI=1S/C7H5ClN2O.C7H6N2O2/c1-4-2-11-6-5(4)9-3-10-7(6)8;1-4-2-11-6-5(4)8-3-9-7(6)10/h2-3H,1H3;2-3H,1H3,(H,8,9,10). The number of fused-ring (bicyclic) bond motifs is 2. The van der Waals surface area contributed by atoms with Crippen LogP contribution in [0, 0.1) is 13.8 Å². The highest BCUT2D eigenvalue weighted by Gasteiger charge is 2.06. The van der Waals surface area contributed by atoms with E-state index in [-0.39, 0.29) is 5.56 Å². The maximum absolute atomic E-state index is 11.0.